The third kappa shape index (κ3) is 4.16. The highest BCUT2D eigenvalue weighted by molar-refractivity contribution is 5.84. The fraction of sp³-hybridized carbons (Fsp3) is 0.471. The number of fused-ring (bicyclic) bond motifs is 1. The molecule has 21 heavy (non-hydrogen) atoms. The average molecular weight is 287 g/mol. The number of likely N-dealkylation sites (N-methyl/N-ethyl adjacent to an activating group) is 1. The SMILES string of the molecule is CCNCc1cc(N(C)CCOCC)nc2ccccc12. The van der Waals surface area contributed by atoms with E-state index in [9.17, 15) is 0 Å². The van der Waals surface area contributed by atoms with Gasteiger partial charge < -0.3 is 15.0 Å². The number of nitrogens with one attached hydrogen (secondary N) is 1. The molecule has 0 saturated carbocycles. The number of para-hydroxylation sites is 1. The summed E-state index contributed by atoms with van der Waals surface area (Å²) in [5, 5.41) is 4.63. The van der Waals surface area contributed by atoms with Crippen LogP contribution in [0.5, 0.6) is 0 Å². The van der Waals surface area contributed by atoms with Crippen molar-refractivity contribution in [3.05, 3.63) is 35.9 Å². The van der Waals surface area contributed by atoms with Crippen molar-refractivity contribution in [1.82, 2.24) is 10.3 Å². The Morgan fingerprint density at radius 1 is 1.24 bits per heavy atom. The molecule has 0 fully saturated rings. The summed E-state index contributed by atoms with van der Waals surface area (Å²) in [4.78, 5) is 6.92. The van der Waals surface area contributed by atoms with Crippen molar-refractivity contribution in [2.45, 2.75) is 20.4 Å². The van der Waals surface area contributed by atoms with Crippen molar-refractivity contribution in [3.63, 3.8) is 0 Å². The molecule has 0 radical (unpaired) electrons. The minimum absolute atomic E-state index is 0.726. The second-order valence-electron chi connectivity index (χ2n) is 5.06. The van der Waals surface area contributed by atoms with E-state index in [1.165, 1.54) is 10.9 Å². The van der Waals surface area contributed by atoms with E-state index in [1.54, 1.807) is 0 Å². The molecule has 0 aliphatic heterocycles. The van der Waals surface area contributed by atoms with Gasteiger partial charge in [0.1, 0.15) is 5.82 Å². The van der Waals surface area contributed by atoms with Crippen LogP contribution < -0.4 is 10.2 Å². The van der Waals surface area contributed by atoms with Crippen molar-refractivity contribution in [2.75, 3.05) is 38.3 Å². The first-order valence-electron chi connectivity index (χ1n) is 7.64. The topological polar surface area (TPSA) is 37.4 Å². The van der Waals surface area contributed by atoms with Crippen LogP contribution in [0, 0.1) is 0 Å². The summed E-state index contributed by atoms with van der Waals surface area (Å²) in [5.74, 6) is 1.00. The Labute approximate surface area is 127 Å². The van der Waals surface area contributed by atoms with E-state index in [0.29, 0.717) is 0 Å². The lowest BCUT2D eigenvalue weighted by molar-refractivity contribution is 0.154. The third-order valence-corrected chi connectivity index (χ3v) is 3.52. The van der Waals surface area contributed by atoms with E-state index in [1.807, 2.05) is 13.0 Å². The number of rotatable bonds is 8. The first-order chi connectivity index (χ1) is 10.3. The maximum absolute atomic E-state index is 5.43. The number of hydrogen-bond acceptors (Lipinski definition) is 4. The number of anilines is 1. The predicted octanol–water partition coefficient (Wildman–Crippen LogP) is 2.82. The molecule has 0 bridgehead atoms. The molecule has 0 unspecified atom stereocenters. The van der Waals surface area contributed by atoms with Gasteiger partial charge in [-0.2, -0.15) is 0 Å². The van der Waals surface area contributed by atoms with Crippen LogP contribution >= 0.6 is 0 Å². The Kier molecular flexibility index (Phi) is 5.96. The minimum atomic E-state index is 0.726. The van der Waals surface area contributed by atoms with Gasteiger partial charge in [0.2, 0.25) is 0 Å². The summed E-state index contributed by atoms with van der Waals surface area (Å²) in [6, 6.07) is 10.5. The van der Waals surface area contributed by atoms with Gasteiger partial charge >= 0.3 is 0 Å². The zero-order valence-corrected chi connectivity index (χ0v) is 13.2. The molecule has 1 aromatic carbocycles. The third-order valence-electron chi connectivity index (χ3n) is 3.52. The van der Waals surface area contributed by atoms with Crippen LogP contribution in [0.15, 0.2) is 30.3 Å². The Morgan fingerprint density at radius 2 is 2.05 bits per heavy atom. The predicted molar refractivity (Wildman–Crippen MR) is 88.9 cm³/mol. The van der Waals surface area contributed by atoms with Gasteiger partial charge in [-0.15, -0.1) is 0 Å². The molecular formula is C17H25N3O. The first kappa shape index (κ1) is 15.7. The van der Waals surface area contributed by atoms with Crippen LogP contribution in [-0.2, 0) is 11.3 Å². The van der Waals surface area contributed by atoms with E-state index in [2.05, 4.69) is 48.5 Å². The Morgan fingerprint density at radius 3 is 2.81 bits per heavy atom. The second kappa shape index (κ2) is 7.96. The lowest BCUT2D eigenvalue weighted by atomic mass is 10.1. The van der Waals surface area contributed by atoms with E-state index in [4.69, 9.17) is 9.72 Å². The van der Waals surface area contributed by atoms with Crippen LogP contribution in [0.1, 0.15) is 19.4 Å². The molecule has 0 amide bonds. The molecule has 4 heteroatoms. The molecule has 0 aliphatic carbocycles. The summed E-state index contributed by atoms with van der Waals surface area (Å²) >= 11 is 0. The highest BCUT2D eigenvalue weighted by atomic mass is 16.5. The quantitative estimate of drug-likeness (QED) is 0.758. The molecule has 0 saturated heterocycles. The van der Waals surface area contributed by atoms with Gasteiger partial charge in [-0.3, -0.25) is 0 Å². The van der Waals surface area contributed by atoms with Crippen LogP contribution in [0.4, 0.5) is 5.82 Å². The summed E-state index contributed by atoms with van der Waals surface area (Å²) in [5.41, 5.74) is 2.34. The van der Waals surface area contributed by atoms with E-state index in [0.717, 1.165) is 44.2 Å². The molecule has 1 heterocycles. The van der Waals surface area contributed by atoms with E-state index < -0.39 is 0 Å². The molecule has 1 N–H and O–H groups in total. The van der Waals surface area contributed by atoms with Gasteiger partial charge in [0, 0.05) is 32.1 Å². The Balaban J connectivity index is 2.27. The summed E-state index contributed by atoms with van der Waals surface area (Å²) in [6.07, 6.45) is 0. The van der Waals surface area contributed by atoms with Crippen molar-refractivity contribution >= 4 is 16.7 Å². The monoisotopic (exact) mass is 287 g/mol. The molecule has 0 atom stereocenters. The number of benzene rings is 1. The van der Waals surface area contributed by atoms with Crippen molar-refractivity contribution < 1.29 is 4.74 Å². The van der Waals surface area contributed by atoms with Crippen LogP contribution in [0.25, 0.3) is 10.9 Å². The maximum atomic E-state index is 5.43. The summed E-state index contributed by atoms with van der Waals surface area (Å²) in [6.45, 7) is 8.30. The molecule has 2 aromatic rings. The van der Waals surface area contributed by atoms with Crippen molar-refractivity contribution in [1.29, 1.82) is 0 Å². The summed E-state index contributed by atoms with van der Waals surface area (Å²) in [7, 11) is 2.06. The molecule has 1 aromatic heterocycles. The molecule has 0 spiro atoms. The molecule has 0 aliphatic rings. The van der Waals surface area contributed by atoms with Gasteiger partial charge in [0.25, 0.3) is 0 Å². The maximum Gasteiger partial charge on any atom is 0.129 e. The van der Waals surface area contributed by atoms with Crippen LogP contribution in [0.3, 0.4) is 0 Å². The van der Waals surface area contributed by atoms with Gasteiger partial charge in [-0.25, -0.2) is 4.98 Å². The number of ether oxygens (including phenoxy) is 1. The standard InChI is InChI=1S/C17H25N3O/c1-4-18-13-14-12-17(20(3)10-11-21-5-2)19-16-9-7-6-8-15(14)16/h6-9,12,18H,4-5,10-11,13H2,1-3H3. The lowest BCUT2D eigenvalue weighted by Gasteiger charge is -2.20. The van der Waals surface area contributed by atoms with E-state index >= 15 is 0 Å². The zero-order valence-electron chi connectivity index (χ0n) is 13.2. The molecule has 4 nitrogen and oxygen atoms in total. The molecule has 114 valence electrons. The van der Waals surface area contributed by atoms with Crippen LogP contribution in [0.2, 0.25) is 0 Å². The average Bonchev–Trinajstić information content (AvgIpc) is 2.52. The van der Waals surface area contributed by atoms with Crippen molar-refractivity contribution in [3.8, 4) is 0 Å². The zero-order chi connectivity index (χ0) is 15.1. The van der Waals surface area contributed by atoms with Crippen molar-refractivity contribution in [2.24, 2.45) is 0 Å². The minimum Gasteiger partial charge on any atom is -0.380 e. The Hall–Kier alpha value is -1.65. The highest BCUT2D eigenvalue weighted by Crippen LogP contribution is 2.22. The fourth-order valence-corrected chi connectivity index (χ4v) is 2.29. The largest absolute Gasteiger partial charge is 0.380 e. The second-order valence-corrected chi connectivity index (χ2v) is 5.06. The van der Waals surface area contributed by atoms with Gasteiger partial charge in [0.05, 0.1) is 12.1 Å². The smallest absolute Gasteiger partial charge is 0.129 e. The van der Waals surface area contributed by atoms with Gasteiger partial charge in [0.15, 0.2) is 0 Å². The first-order valence-corrected chi connectivity index (χ1v) is 7.64. The van der Waals surface area contributed by atoms with Crippen LogP contribution in [-0.4, -0.2) is 38.3 Å². The fourth-order valence-electron chi connectivity index (χ4n) is 2.29. The Bertz CT molecular complexity index is 571. The number of pyridine rings is 1. The lowest BCUT2D eigenvalue weighted by Crippen LogP contribution is -2.24. The molecule has 2 rings (SSSR count). The number of hydrogen-bond donors (Lipinski definition) is 1. The normalized spacial score (nSPS) is 11.0. The summed E-state index contributed by atoms with van der Waals surface area (Å²) < 4.78 is 5.43. The number of nitrogens with zero attached hydrogens (tertiary/aromatic N) is 2. The van der Waals surface area contributed by atoms with Gasteiger partial charge in [-0.05, 0) is 31.2 Å². The molecular weight excluding hydrogens is 262 g/mol. The number of aromatic nitrogens is 1. The van der Waals surface area contributed by atoms with E-state index in [-0.39, 0.29) is 0 Å². The highest BCUT2D eigenvalue weighted by Gasteiger charge is 2.08. The van der Waals surface area contributed by atoms with Gasteiger partial charge in [-0.1, -0.05) is 25.1 Å².